The fourth-order valence-electron chi connectivity index (χ4n) is 0.896. The summed E-state index contributed by atoms with van der Waals surface area (Å²) in [6.45, 7) is 0. The van der Waals surface area contributed by atoms with Gasteiger partial charge in [-0.15, -0.1) is 0 Å². The van der Waals surface area contributed by atoms with E-state index >= 15 is 0 Å². The molecule has 0 atom stereocenters. The zero-order chi connectivity index (χ0) is 11.8. The topological polar surface area (TPSA) is 47.0 Å². The predicted molar refractivity (Wildman–Crippen MR) is 54.9 cm³/mol. The van der Waals surface area contributed by atoms with Gasteiger partial charge in [-0.1, -0.05) is 11.6 Å². The monoisotopic (exact) mass is 339 g/mol. The van der Waals surface area contributed by atoms with Crippen LogP contribution in [-0.2, 0) is 9.05 Å². The summed E-state index contributed by atoms with van der Waals surface area (Å²) in [5.41, 5.74) is -0.787. The second-order valence-corrected chi connectivity index (χ2v) is 6.09. The van der Waals surface area contributed by atoms with Crippen molar-refractivity contribution in [2.75, 3.05) is 0 Å². The Hall–Kier alpha value is 0.0200. The van der Waals surface area contributed by atoms with Gasteiger partial charge in [-0.25, -0.2) is 22.2 Å². The first-order chi connectivity index (χ1) is 6.75. The molecule has 3 nitrogen and oxygen atoms in total. The minimum atomic E-state index is -4.36. The van der Waals surface area contributed by atoms with Crippen LogP contribution in [0.4, 0.5) is 8.78 Å². The smallest absolute Gasteiger partial charge is 0.242 e. The normalized spacial score (nSPS) is 12.1. The molecule has 1 heterocycles. The largest absolute Gasteiger partial charge is 0.266 e. The maximum Gasteiger partial charge on any atom is 0.266 e. The van der Waals surface area contributed by atoms with Crippen molar-refractivity contribution in [3.8, 4) is 0 Å². The maximum atomic E-state index is 12.6. The van der Waals surface area contributed by atoms with Crippen molar-refractivity contribution in [1.29, 1.82) is 0 Å². The molecule has 84 valence electrons. The van der Waals surface area contributed by atoms with Crippen molar-refractivity contribution in [2.24, 2.45) is 0 Å². The highest BCUT2D eigenvalue weighted by Gasteiger charge is 2.28. The first-order valence-electron chi connectivity index (χ1n) is 3.32. The number of aromatic nitrogens is 1. The molecular formula is C6H2BrCl2F2NO2S. The van der Waals surface area contributed by atoms with Crippen molar-refractivity contribution < 1.29 is 17.2 Å². The first kappa shape index (κ1) is 13.1. The van der Waals surface area contributed by atoms with E-state index in [0.717, 1.165) is 6.20 Å². The van der Waals surface area contributed by atoms with Gasteiger partial charge in [0.2, 0.25) is 0 Å². The molecule has 0 aliphatic carbocycles. The molecule has 0 fully saturated rings. The Morgan fingerprint density at radius 1 is 1.47 bits per heavy atom. The summed E-state index contributed by atoms with van der Waals surface area (Å²) in [5.74, 6) is 0. The zero-order valence-electron chi connectivity index (χ0n) is 6.72. The molecule has 9 heteroatoms. The van der Waals surface area contributed by atoms with Crippen molar-refractivity contribution in [3.63, 3.8) is 0 Å². The van der Waals surface area contributed by atoms with E-state index in [1.165, 1.54) is 0 Å². The summed E-state index contributed by atoms with van der Waals surface area (Å²) in [4.78, 5) is 2.54. The van der Waals surface area contributed by atoms with Crippen molar-refractivity contribution in [3.05, 3.63) is 21.4 Å². The molecule has 1 rings (SSSR count). The maximum absolute atomic E-state index is 12.6. The van der Waals surface area contributed by atoms with Gasteiger partial charge >= 0.3 is 0 Å². The lowest BCUT2D eigenvalue weighted by Gasteiger charge is -2.08. The summed E-state index contributed by atoms with van der Waals surface area (Å²) in [5, 5.41) is -0.580. The van der Waals surface area contributed by atoms with E-state index in [9.17, 15) is 17.2 Å². The molecule has 1 aromatic rings. The molecule has 0 saturated carbocycles. The van der Waals surface area contributed by atoms with Gasteiger partial charge in [-0.05, 0) is 15.9 Å². The Labute approximate surface area is 102 Å². The third kappa shape index (κ3) is 2.77. The lowest BCUT2D eigenvalue weighted by Crippen LogP contribution is -2.02. The Kier molecular flexibility index (Phi) is 3.91. The van der Waals surface area contributed by atoms with Gasteiger partial charge in [0, 0.05) is 21.4 Å². The molecule has 0 bridgehead atoms. The van der Waals surface area contributed by atoms with Crippen LogP contribution in [0.2, 0.25) is 5.15 Å². The second-order valence-electron chi connectivity index (χ2n) is 2.38. The molecule has 15 heavy (non-hydrogen) atoms. The Morgan fingerprint density at radius 2 is 2.00 bits per heavy atom. The summed E-state index contributed by atoms with van der Waals surface area (Å²) < 4.78 is 47.0. The van der Waals surface area contributed by atoms with Crippen LogP contribution < -0.4 is 0 Å². The minimum absolute atomic E-state index is 0.166. The number of hydrogen-bond donors (Lipinski definition) is 0. The van der Waals surface area contributed by atoms with E-state index in [2.05, 4.69) is 20.9 Å². The number of hydrogen-bond acceptors (Lipinski definition) is 3. The fraction of sp³-hybridized carbons (Fsp3) is 0.167. The molecule has 0 spiro atoms. The highest BCUT2D eigenvalue weighted by molar-refractivity contribution is 9.10. The molecule has 0 amide bonds. The first-order valence-corrected chi connectivity index (χ1v) is 6.80. The lowest BCUT2D eigenvalue weighted by molar-refractivity contribution is 0.147. The van der Waals surface area contributed by atoms with Crippen LogP contribution in [0, 0.1) is 0 Å². The van der Waals surface area contributed by atoms with Gasteiger partial charge < -0.3 is 0 Å². The van der Waals surface area contributed by atoms with E-state index in [4.69, 9.17) is 22.3 Å². The molecule has 0 aromatic carbocycles. The number of pyridine rings is 1. The molecule has 0 N–H and O–H groups in total. The molecule has 1 aromatic heterocycles. The number of rotatable bonds is 2. The lowest BCUT2D eigenvalue weighted by atomic mass is 10.3. The van der Waals surface area contributed by atoms with Crippen LogP contribution in [0.15, 0.2) is 15.6 Å². The second kappa shape index (κ2) is 4.48. The van der Waals surface area contributed by atoms with Crippen LogP contribution in [0.5, 0.6) is 0 Å². The van der Waals surface area contributed by atoms with E-state index in [-0.39, 0.29) is 4.47 Å². The fourth-order valence-corrected chi connectivity index (χ4v) is 3.26. The van der Waals surface area contributed by atoms with Gasteiger partial charge in [0.15, 0.2) is 0 Å². The predicted octanol–water partition coefficient (Wildman–Crippen LogP) is 3.36. The molecule has 0 aliphatic heterocycles. The van der Waals surface area contributed by atoms with Crippen LogP contribution in [-0.4, -0.2) is 13.4 Å². The van der Waals surface area contributed by atoms with Gasteiger partial charge in [0.05, 0.1) is 5.56 Å². The summed E-state index contributed by atoms with van der Waals surface area (Å²) in [6.07, 6.45) is -2.04. The molecule has 0 unspecified atom stereocenters. The van der Waals surface area contributed by atoms with Crippen molar-refractivity contribution >= 4 is 47.3 Å². The molecule has 0 aliphatic rings. The van der Waals surface area contributed by atoms with Gasteiger partial charge in [-0.3, -0.25) is 0 Å². The van der Waals surface area contributed by atoms with E-state index in [1.807, 2.05) is 0 Å². The van der Waals surface area contributed by atoms with Crippen molar-refractivity contribution in [1.82, 2.24) is 4.98 Å². The summed E-state index contributed by atoms with van der Waals surface area (Å²) in [7, 11) is 0.615. The number of halogens is 5. The van der Waals surface area contributed by atoms with Gasteiger partial charge in [-0.2, -0.15) is 0 Å². The average molecular weight is 341 g/mol. The van der Waals surface area contributed by atoms with Gasteiger partial charge in [0.25, 0.3) is 15.5 Å². The zero-order valence-corrected chi connectivity index (χ0v) is 10.6. The quantitative estimate of drug-likeness (QED) is 0.612. The van der Waals surface area contributed by atoms with E-state index in [0.29, 0.717) is 0 Å². The standard InChI is InChI=1S/C6H2BrCl2F2NO2S/c7-2-1-12-5(8)4(15(9,13)14)3(2)6(10)11/h1,6H. The SMILES string of the molecule is O=S(=O)(Cl)c1c(Cl)ncc(Br)c1C(F)F. The van der Waals surface area contributed by atoms with Crippen LogP contribution >= 0.6 is 38.2 Å². The average Bonchev–Trinajstić information content (AvgIpc) is 2.05. The Bertz CT molecular complexity index is 494. The highest BCUT2D eigenvalue weighted by Crippen LogP contribution is 2.37. The summed E-state index contributed by atoms with van der Waals surface area (Å²) >= 11 is 8.15. The van der Waals surface area contributed by atoms with Gasteiger partial charge in [0.1, 0.15) is 10.0 Å². The molecule has 0 saturated heterocycles. The molecule has 0 radical (unpaired) electrons. The van der Waals surface area contributed by atoms with Crippen LogP contribution in [0.25, 0.3) is 0 Å². The summed E-state index contributed by atoms with van der Waals surface area (Å²) in [6, 6.07) is 0. The third-order valence-electron chi connectivity index (χ3n) is 1.44. The van der Waals surface area contributed by atoms with Crippen LogP contribution in [0.3, 0.4) is 0 Å². The third-order valence-corrected chi connectivity index (χ3v) is 3.84. The highest BCUT2D eigenvalue weighted by atomic mass is 79.9. The number of nitrogens with zero attached hydrogens (tertiary/aromatic N) is 1. The molecular weight excluding hydrogens is 339 g/mol. The Balaban J connectivity index is 3.68. The van der Waals surface area contributed by atoms with Crippen molar-refractivity contribution in [2.45, 2.75) is 11.3 Å². The number of alkyl halides is 2. The minimum Gasteiger partial charge on any atom is -0.242 e. The van der Waals surface area contributed by atoms with Crippen LogP contribution in [0.1, 0.15) is 12.0 Å². The van der Waals surface area contributed by atoms with E-state index in [1.54, 1.807) is 0 Å². The van der Waals surface area contributed by atoms with E-state index < -0.39 is 31.1 Å². The Morgan fingerprint density at radius 3 is 2.33 bits per heavy atom.